The SMILES string of the molecule is COc1ccc(CNc2nc(N)nc(Cl)c2N)cc1. The monoisotopic (exact) mass is 279 g/mol. The zero-order valence-electron chi connectivity index (χ0n) is 10.4. The van der Waals surface area contributed by atoms with Gasteiger partial charge < -0.3 is 21.5 Å². The van der Waals surface area contributed by atoms with Crippen LogP contribution in [0.1, 0.15) is 5.56 Å². The number of halogens is 1. The number of aromatic nitrogens is 2. The number of ether oxygens (including phenoxy) is 1. The lowest BCUT2D eigenvalue weighted by Gasteiger charge is -2.10. The van der Waals surface area contributed by atoms with Gasteiger partial charge in [-0.25, -0.2) is 0 Å². The third-order valence-corrected chi connectivity index (χ3v) is 2.82. The van der Waals surface area contributed by atoms with Crippen molar-refractivity contribution in [2.45, 2.75) is 6.54 Å². The highest BCUT2D eigenvalue weighted by atomic mass is 35.5. The molecule has 100 valence electrons. The smallest absolute Gasteiger partial charge is 0.223 e. The van der Waals surface area contributed by atoms with Crippen molar-refractivity contribution in [3.8, 4) is 5.75 Å². The fraction of sp³-hybridized carbons (Fsp3) is 0.167. The Hall–Kier alpha value is -2.21. The molecule has 0 aliphatic heterocycles. The second-order valence-corrected chi connectivity index (χ2v) is 4.19. The van der Waals surface area contributed by atoms with Crippen LogP contribution in [0.2, 0.25) is 5.15 Å². The molecule has 0 aliphatic rings. The van der Waals surface area contributed by atoms with E-state index in [4.69, 9.17) is 27.8 Å². The van der Waals surface area contributed by atoms with Crippen molar-refractivity contribution in [1.29, 1.82) is 0 Å². The van der Waals surface area contributed by atoms with E-state index in [9.17, 15) is 0 Å². The molecule has 0 saturated carbocycles. The maximum atomic E-state index is 5.83. The number of benzene rings is 1. The third kappa shape index (κ3) is 3.17. The van der Waals surface area contributed by atoms with E-state index in [1.54, 1.807) is 7.11 Å². The van der Waals surface area contributed by atoms with Crippen LogP contribution in [-0.4, -0.2) is 17.1 Å². The van der Waals surface area contributed by atoms with E-state index in [0.717, 1.165) is 11.3 Å². The zero-order valence-corrected chi connectivity index (χ0v) is 11.1. The summed E-state index contributed by atoms with van der Waals surface area (Å²) in [6.07, 6.45) is 0. The standard InChI is InChI=1S/C12H14ClN5O/c1-19-8-4-2-7(3-5-8)6-16-11-9(14)10(13)17-12(15)18-11/h2-5H,6,14H2,1H3,(H3,15,16,17,18). The number of methoxy groups -OCH3 is 1. The number of nitrogen functional groups attached to an aromatic ring is 2. The predicted octanol–water partition coefficient (Wildman–Crippen LogP) is 1.92. The Morgan fingerprint density at radius 3 is 2.53 bits per heavy atom. The first-order valence-electron chi connectivity index (χ1n) is 5.55. The highest BCUT2D eigenvalue weighted by molar-refractivity contribution is 6.32. The number of hydrogen-bond acceptors (Lipinski definition) is 6. The summed E-state index contributed by atoms with van der Waals surface area (Å²) in [5.41, 5.74) is 12.6. The lowest BCUT2D eigenvalue weighted by atomic mass is 10.2. The van der Waals surface area contributed by atoms with Gasteiger partial charge in [-0.3, -0.25) is 0 Å². The zero-order chi connectivity index (χ0) is 13.8. The summed E-state index contributed by atoms with van der Waals surface area (Å²) in [7, 11) is 1.62. The summed E-state index contributed by atoms with van der Waals surface area (Å²) in [5, 5.41) is 3.21. The number of hydrogen-bond donors (Lipinski definition) is 3. The average molecular weight is 280 g/mol. The number of anilines is 3. The van der Waals surface area contributed by atoms with E-state index in [2.05, 4.69) is 15.3 Å². The van der Waals surface area contributed by atoms with Gasteiger partial charge >= 0.3 is 0 Å². The van der Waals surface area contributed by atoms with Gasteiger partial charge in [0.25, 0.3) is 0 Å². The molecule has 1 aromatic carbocycles. The van der Waals surface area contributed by atoms with Crippen LogP contribution in [0.3, 0.4) is 0 Å². The Morgan fingerprint density at radius 2 is 1.89 bits per heavy atom. The summed E-state index contributed by atoms with van der Waals surface area (Å²) >= 11 is 5.83. The molecule has 0 amide bonds. The third-order valence-electron chi connectivity index (χ3n) is 2.54. The Kier molecular flexibility index (Phi) is 3.91. The minimum absolute atomic E-state index is 0.0800. The molecule has 19 heavy (non-hydrogen) atoms. The minimum atomic E-state index is 0.0800. The second kappa shape index (κ2) is 5.62. The molecule has 0 spiro atoms. The van der Waals surface area contributed by atoms with Gasteiger partial charge in [0.15, 0.2) is 11.0 Å². The Labute approximate surface area is 115 Å². The van der Waals surface area contributed by atoms with E-state index in [0.29, 0.717) is 12.4 Å². The van der Waals surface area contributed by atoms with Gasteiger partial charge in [-0.1, -0.05) is 23.7 Å². The fourth-order valence-electron chi connectivity index (χ4n) is 1.52. The summed E-state index contributed by atoms with van der Waals surface area (Å²) in [4.78, 5) is 7.77. The quantitative estimate of drug-likeness (QED) is 0.740. The van der Waals surface area contributed by atoms with Gasteiger partial charge in [-0.15, -0.1) is 0 Å². The van der Waals surface area contributed by atoms with Crippen LogP contribution in [0.15, 0.2) is 24.3 Å². The van der Waals surface area contributed by atoms with E-state index in [1.807, 2.05) is 24.3 Å². The van der Waals surface area contributed by atoms with Gasteiger partial charge in [-0.2, -0.15) is 9.97 Å². The van der Waals surface area contributed by atoms with E-state index < -0.39 is 0 Å². The second-order valence-electron chi connectivity index (χ2n) is 3.84. The van der Waals surface area contributed by atoms with Crippen molar-refractivity contribution in [3.05, 3.63) is 35.0 Å². The molecule has 1 heterocycles. The highest BCUT2D eigenvalue weighted by Gasteiger charge is 2.08. The first-order valence-corrected chi connectivity index (χ1v) is 5.93. The van der Waals surface area contributed by atoms with Crippen LogP contribution < -0.4 is 21.5 Å². The molecule has 0 atom stereocenters. The average Bonchev–Trinajstić information content (AvgIpc) is 2.41. The summed E-state index contributed by atoms with van der Waals surface area (Å²) < 4.78 is 5.09. The Balaban J connectivity index is 2.09. The van der Waals surface area contributed by atoms with Crippen molar-refractivity contribution in [3.63, 3.8) is 0 Å². The molecular formula is C12H14ClN5O. The summed E-state index contributed by atoms with van der Waals surface area (Å²) in [6.45, 7) is 0.543. The number of rotatable bonds is 4. The van der Waals surface area contributed by atoms with Gasteiger partial charge in [0.2, 0.25) is 5.95 Å². The molecule has 5 N–H and O–H groups in total. The molecule has 0 aliphatic carbocycles. The largest absolute Gasteiger partial charge is 0.497 e. The molecule has 2 aromatic rings. The number of nitrogens with zero attached hydrogens (tertiary/aromatic N) is 2. The number of nitrogens with two attached hydrogens (primary N) is 2. The Bertz CT molecular complexity index is 573. The normalized spacial score (nSPS) is 10.2. The molecule has 0 bridgehead atoms. The Morgan fingerprint density at radius 1 is 1.21 bits per heavy atom. The molecule has 2 rings (SSSR count). The first kappa shape index (κ1) is 13.2. The first-order chi connectivity index (χ1) is 9.10. The topological polar surface area (TPSA) is 99.1 Å². The minimum Gasteiger partial charge on any atom is -0.497 e. The number of nitrogens with one attached hydrogen (secondary N) is 1. The van der Waals surface area contributed by atoms with Gasteiger partial charge in [0.05, 0.1) is 7.11 Å². The molecule has 0 unspecified atom stereocenters. The molecular weight excluding hydrogens is 266 g/mol. The van der Waals surface area contributed by atoms with E-state index in [-0.39, 0.29) is 16.8 Å². The van der Waals surface area contributed by atoms with Crippen molar-refractivity contribution >= 4 is 29.1 Å². The summed E-state index contributed by atoms with van der Waals surface area (Å²) in [5.74, 6) is 1.31. The van der Waals surface area contributed by atoms with Crippen molar-refractivity contribution in [2.24, 2.45) is 0 Å². The maximum Gasteiger partial charge on any atom is 0.223 e. The van der Waals surface area contributed by atoms with Crippen LogP contribution in [-0.2, 0) is 6.54 Å². The fourth-order valence-corrected chi connectivity index (χ4v) is 1.70. The van der Waals surface area contributed by atoms with Crippen molar-refractivity contribution < 1.29 is 4.74 Å². The molecule has 6 nitrogen and oxygen atoms in total. The van der Waals surface area contributed by atoms with Crippen LogP contribution >= 0.6 is 11.6 Å². The molecule has 0 radical (unpaired) electrons. The van der Waals surface area contributed by atoms with Crippen molar-refractivity contribution in [1.82, 2.24) is 9.97 Å². The predicted molar refractivity (Wildman–Crippen MR) is 76.2 cm³/mol. The molecule has 0 fully saturated rings. The highest BCUT2D eigenvalue weighted by Crippen LogP contribution is 2.24. The van der Waals surface area contributed by atoms with Gasteiger partial charge in [0, 0.05) is 6.54 Å². The molecule has 7 heteroatoms. The lowest BCUT2D eigenvalue weighted by Crippen LogP contribution is -2.08. The van der Waals surface area contributed by atoms with Gasteiger partial charge in [0.1, 0.15) is 11.4 Å². The van der Waals surface area contributed by atoms with Crippen LogP contribution in [0.4, 0.5) is 17.5 Å². The van der Waals surface area contributed by atoms with E-state index >= 15 is 0 Å². The maximum absolute atomic E-state index is 5.83. The van der Waals surface area contributed by atoms with Crippen molar-refractivity contribution in [2.75, 3.05) is 23.9 Å². The molecule has 1 aromatic heterocycles. The lowest BCUT2D eigenvalue weighted by molar-refractivity contribution is 0.414. The molecule has 0 saturated heterocycles. The van der Waals surface area contributed by atoms with Crippen LogP contribution in [0, 0.1) is 0 Å². The van der Waals surface area contributed by atoms with Crippen LogP contribution in [0.25, 0.3) is 0 Å². The van der Waals surface area contributed by atoms with Crippen LogP contribution in [0.5, 0.6) is 5.75 Å². The summed E-state index contributed by atoms with van der Waals surface area (Å²) in [6, 6.07) is 7.63. The van der Waals surface area contributed by atoms with Gasteiger partial charge in [-0.05, 0) is 17.7 Å². The van der Waals surface area contributed by atoms with E-state index in [1.165, 1.54) is 0 Å².